The summed E-state index contributed by atoms with van der Waals surface area (Å²) in [5, 5.41) is 14.2. The average molecular weight is 319 g/mol. The van der Waals surface area contributed by atoms with Gasteiger partial charge in [-0.1, -0.05) is 0 Å². The van der Waals surface area contributed by atoms with Gasteiger partial charge in [0.2, 0.25) is 5.91 Å². The van der Waals surface area contributed by atoms with Crippen LogP contribution in [0.15, 0.2) is 18.2 Å². The number of hydrogen-bond acceptors (Lipinski definition) is 3. The number of fused-ring (bicyclic) bond motifs is 1. The summed E-state index contributed by atoms with van der Waals surface area (Å²) >= 11 is 0. The Kier molecular flexibility index (Phi) is 4.58. The number of carboxylic acids is 1. The van der Waals surface area contributed by atoms with Gasteiger partial charge in [-0.2, -0.15) is 0 Å². The largest absolute Gasteiger partial charge is 0.481 e. The Labute approximate surface area is 134 Å². The fraction of sp³-hybridized carbons (Fsp3) is 0.438. The van der Waals surface area contributed by atoms with Gasteiger partial charge in [0.05, 0.1) is 6.42 Å². The van der Waals surface area contributed by atoms with E-state index < -0.39 is 17.5 Å². The predicted molar refractivity (Wildman–Crippen MR) is 86.7 cm³/mol. The number of hydrogen-bond donors (Lipinski definition) is 3. The molecule has 0 aliphatic carbocycles. The predicted octanol–water partition coefficient (Wildman–Crippen LogP) is 1.97. The number of nitrogens with zero attached hydrogens (tertiary/aromatic N) is 1. The number of carbonyl (C=O) groups excluding carboxylic acids is 2. The standard InChI is InChI=1S/C16H21N3O4/c1-16(2,7-6-14(21)22)18-15(23)17-11-4-5-12-10(8-11)9-13(20)19(12)3/h4-5,8H,6-7,9H2,1-3H3,(H,21,22)(H2,17,18,23). The fourth-order valence-electron chi connectivity index (χ4n) is 2.50. The van der Waals surface area contributed by atoms with Crippen molar-refractivity contribution in [2.45, 2.75) is 38.6 Å². The van der Waals surface area contributed by atoms with Crippen molar-refractivity contribution in [3.63, 3.8) is 0 Å². The minimum absolute atomic E-state index is 0.0133. The second-order valence-electron chi connectivity index (χ2n) is 6.33. The molecule has 1 heterocycles. The maximum Gasteiger partial charge on any atom is 0.319 e. The van der Waals surface area contributed by atoms with Gasteiger partial charge in [0.25, 0.3) is 0 Å². The lowest BCUT2D eigenvalue weighted by Gasteiger charge is -2.25. The average Bonchev–Trinajstić information content (AvgIpc) is 2.71. The van der Waals surface area contributed by atoms with Gasteiger partial charge >= 0.3 is 12.0 Å². The van der Waals surface area contributed by atoms with Crippen LogP contribution in [0.5, 0.6) is 0 Å². The van der Waals surface area contributed by atoms with Crippen molar-refractivity contribution in [3.8, 4) is 0 Å². The Morgan fingerprint density at radius 3 is 2.70 bits per heavy atom. The molecule has 0 saturated carbocycles. The summed E-state index contributed by atoms with van der Waals surface area (Å²) in [6.45, 7) is 3.54. The summed E-state index contributed by atoms with van der Waals surface area (Å²) in [7, 11) is 1.72. The molecule has 23 heavy (non-hydrogen) atoms. The van der Waals surface area contributed by atoms with Crippen LogP contribution < -0.4 is 15.5 Å². The van der Waals surface area contributed by atoms with Gasteiger partial charge in [-0.15, -0.1) is 0 Å². The van der Waals surface area contributed by atoms with E-state index in [4.69, 9.17) is 5.11 Å². The van der Waals surface area contributed by atoms with Crippen molar-refractivity contribution < 1.29 is 19.5 Å². The molecule has 0 spiro atoms. The Balaban J connectivity index is 1.97. The molecular formula is C16H21N3O4. The SMILES string of the molecule is CN1C(=O)Cc2cc(NC(=O)NC(C)(C)CCC(=O)O)ccc21. The minimum Gasteiger partial charge on any atom is -0.481 e. The Morgan fingerprint density at radius 1 is 1.35 bits per heavy atom. The molecule has 0 aromatic heterocycles. The Bertz CT molecular complexity index is 655. The minimum atomic E-state index is -0.896. The molecule has 0 bridgehead atoms. The Hall–Kier alpha value is -2.57. The molecular weight excluding hydrogens is 298 g/mol. The molecule has 0 fully saturated rings. The van der Waals surface area contributed by atoms with Crippen molar-refractivity contribution >= 4 is 29.3 Å². The zero-order valence-electron chi connectivity index (χ0n) is 13.5. The highest BCUT2D eigenvalue weighted by Gasteiger charge is 2.25. The summed E-state index contributed by atoms with van der Waals surface area (Å²) < 4.78 is 0. The maximum atomic E-state index is 12.1. The summed E-state index contributed by atoms with van der Waals surface area (Å²) in [5.74, 6) is -0.871. The second kappa shape index (κ2) is 6.28. The fourth-order valence-corrected chi connectivity index (χ4v) is 2.50. The Morgan fingerprint density at radius 2 is 2.04 bits per heavy atom. The quantitative estimate of drug-likeness (QED) is 0.772. The van der Waals surface area contributed by atoms with Crippen LogP contribution in [0.25, 0.3) is 0 Å². The van der Waals surface area contributed by atoms with Crippen LogP contribution in [0.2, 0.25) is 0 Å². The lowest BCUT2D eigenvalue weighted by atomic mass is 9.99. The van der Waals surface area contributed by atoms with Gasteiger partial charge in [-0.3, -0.25) is 9.59 Å². The van der Waals surface area contributed by atoms with Crippen LogP contribution in [0, 0.1) is 0 Å². The molecule has 1 aliphatic heterocycles. The molecule has 1 aromatic carbocycles. The number of carbonyl (C=O) groups is 3. The van der Waals surface area contributed by atoms with E-state index in [9.17, 15) is 14.4 Å². The van der Waals surface area contributed by atoms with Crippen LogP contribution in [0.1, 0.15) is 32.3 Å². The first-order valence-electron chi connectivity index (χ1n) is 7.38. The molecule has 124 valence electrons. The first kappa shape index (κ1) is 16.8. The maximum absolute atomic E-state index is 12.1. The van der Waals surface area contributed by atoms with Crippen molar-refractivity contribution in [2.75, 3.05) is 17.3 Å². The molecule has 7 heteroatoms. The number of aliphatic carboxylic acids is 1. The third kappa shape index (κ3) is 4.21. The van der Waals surface area contributed by atoms with E-state index >= 15 is 0 Å². The van der Waals surface area contributed by atoms with Crippen LogP contribution in [-0.4, -0.2) is 35.6 Å². The van der Waals surface area contributed by atoms with Crippen LogP contribution >= 0.6 is 0 Å². The van der Waals surface area contributed by atoms with Gasteiger partial charge < -0.3 is 20.6 Å². The zero-order chi connectivity index (χ0) is 17.2. The van der Waals surface area contributed by atoms with E-state index in [-0.39, 0.29) is 12.3 Å². The van der Waals surface area contributed by atoms with Crippen molar-refractivity contribution in [1.29, 1.82) is 0 Å². The lowest BCUT2D eigenvalue weighted by Crippen LogP contribution is -2.45. The normalized spacial score (nSPS) is 13.7. The summed E-state index contributed by atoms with van der Waals surface area (Å²) in [6, 6.07) is 4.90. The van der Waals surface area contributed by atoms with Gasteiger partial charge in [0.1, 0.15) is 0 Å². The number of anilines is 2. The molecule has 1 aliphatic rings. The molecule has 0 radical (unpaired) electrons. The van der Waals surface area contributed by atoms with E-state index in [1.54, 1.807) is 44.0 Å². The zero-order valence-corrected chi connectivity index (χ0v) is 13.5. The topological polar surface area (TPSA) is 98.7 Å². The van der Waals surface area contributed by atoms with Gasteiger partial charge in [-0.05, 0) is 44.0 Å². The van der Waals surface area contributed by atoms with Crippen LogP contribution in [0.3, 0.4) is 0 Å². The molecule has 3 N–H and O–H groups in total. The number of nitrogens with one attached hydrogen (secondary N) is 2. The highest BCUT2D eigenvalue weighted by atomic mass is 16.4. The first-order chi connectivity index (χ1) is 10.7. The van der Waals surface area contributed by atoms with E-state index in [2.05, 4.69) is 10.6 Å². The number of benzene rings is 1. The number of likely N-dealkylation sites (N-methyl/N-ethyl adjacent to an activating group) is 1. The molecule has 7 nitrogen and oxygen atoms in total. The van der Waals surface area contributed by atoms with Crippen molar-refractivity contribution in [3.05, 3.63) is 23.8 Å². The molecule has 2 rings (SSSR count). The number of carboxylic acid groups (broad SMARTS) is 1. The summed E-state index contributed by atoms with van der Waals surface area (Å²) in [6.07, 6.45) is 0.646. The van der Waals surface area contributed by atoms with Gasteiger partial charge in [0.15, 0.2) is 0 Å². The van der Waals surface area contributed by atoms with E-state index in [0.717, 1.165) is 11.3 Å². The lowest BCUT2D eigenvalue weighted by molar-refractivity contribution is -0.137. The van der Waals surface area contributed by atoms with Gasteiger partial charge in [-0.25, -0.2) is 4.79 Å². The summed E-state index contributed by atoms with van der Waals surface area (Å²) in [5.41, 5.74) is 1.69. The second-order valence-corrected chi connectivity index (χ2v) is 6.33. The van der Waals surface area contributed by atoms with Crippen molar-refractivity contribution in [1.82, 2.24) is 5.32 Å². The number of urea groups is 1. The molecule has 0 atom stereocenters. The summed E-state index contributed by atoms with van der Waals surface area (Å²) in [4.78, 5) is 35.9. The molecule has 1 aromatic rings. The molecule has 3 amide bonds. The van der Waals surface area contributed by atoms with Crippen molar-refractivity contribution in [2.24, 2.45) is 0 Å². The van der Waals surface area contributed by atoms with E-state index in [1.165, 1.54) is 0 Å². The van der Waals surface area contributed by atoms with Crippen LogP contribution in [0.4, 0.5) is 16.2 Å². The number of rotatable bonds is 5. The highest BCUT2D eigenvalue weighted by molar-refractivity contribution is 6.01. The first-order valence-corrected chi connectivity index (χ1v) is 7.38. The monoisotopic (exact) mass is 319 g/mol. The van der Waals surface area contributed by atoms with E-state index in [0.29, 0.717) is 18.5 Å². The van der Waals surface area contributed by atoms with Gasteiger partial charge in [0, 0.05) is 30.4 Å². The molecule has 0 unspecified atom stereocenters. The highest BCUT2D eigenvalue weighted by Crippen LogP contribution is 2.29. The third-order valence-electron chi connectivity index (χ3n) is 3.83. The molecule has 0 saturated heterocycles. The smallest absolute Gasteiger partial charge is 0.319 e. The van der Waals surface area contributed by atoms with E-state index in [1.807, 2.05) is 0 Å². The number of amides is 3. The van der Waals surface area contributed by atoms with Crippen LogP contribution in [-0.2, 0) is 16.0 Å². The third-order valence-corrected chi connectivity index (χ3v) is 3.83.